The smallest absolute Gasteiger partial charge is 0.0998 e. The Balaban J connectivity index is 1.39. The normalized spacial score (nSPS) is 45.9. The van der Waals surface area contributed by atoms with Crippen LogP contribution in [0.1, 0.15) is 110 Å². The van der Waals surface area contributed by atoms with Gasteiger partial charge in [-0.2, -0.15) is 0 Å². The summed E-state index contributed by atoms with van der Waals surface area (Å²) in [7, 11) is 1.96. The molecule has 0 spiro atoms. The van der Waals surface area contributed by atoms with Crippen molar-refractivity contribution in [3.05, 3.63) is 58.5 Å². The summed E-state index contributed by atoms with van der Waals surface area (Å²) in [5, 5.41) is 0. The van der Waals surface area contributed by atoms with Crippen molar-refractivity contribution in [1.29, 1.82) is 0 Å². The highest BCUT2D eigenvalue weighted by molar-refractivity contribution is 5.71. The molecule has 0 heterocycles. The largest absolute Gasteiger partial charge is 0.279 e. The number of nitrogens with zero attached hydrogens (tertiary/aromatic N) is 1. The first-order valence-electron chi connectivity index (χ1n) is 16.1. The Morgan fingerprint density at radius 2 is 1.59 bits per heavy atom. The predicted octanol–water partition coefficient (Wildman–Crippen LogP) is 10.6. The molecule has 9 atom stereocenters. The molecule has 1 nitrogen and oxygen atoms in total. The molecular formula is C38H54N+. The molecule has 210 valence electrons. The summed E-state index contributed by atoms with van der Waals surface area (Å²) in [5.74, 6) is 3.62. The molecule has 0 unspecified atom stereocenters. The van der Waals surface area contributed by atoms with Gasteiger partial charge in [0.25, 0.3) is 13.1 Å². The zero-order valence-electron chi connectivity index (χ0n) is 26.3. The highest BCUT2D eigenvalue weighted by atomic mass is 14.7. The van der Waals surface area contributed by atoms with E-state index in [1.807, 2.05) is 7.05 Å². The molecule has 0 amide bonds. The minimum absolute atomic E-state index is 0.186. The van der Waals surface area contributed by atoms with Crippen molar-refractivity contribution in [2.75, 3.05) is 7.05 Å². The lowest BCUT2D eigenvalue weighted by Gasteiger charge is -2.72. The summed E-state index contributed by atoms with van der Waals surface area (Å²) >= 11 is 0. The Bertz CT molecular complexity index is 1250. The van der Waals surface area contributed by atoms with Crippen molar-refractivity contribution in [2.24, 2.45) is 56.7 Å². The first kappa shape index (κ1) is 27.4. The minimum Gasteiger partial charge on any atom is -0.0998 e. The van der Waals surface area contributed by atoms with E-state index in [-0.39, 0.29) is 10.8 Å². The zero-order chi connectivity index (χ0) is 28.0. The zero-order valence-corrected chi connectivity index (χ0v) is 26.3. The van der Waals surface area contributed by atoms with Crippen LogP contribution in [-0.2, 0) is 0 Å². The van der Waals surface area contributed by atoms with Crippen LogP contribution >= 0.6 is 0 Å². The molecule has 39 heavy (non-hydrogen) atoms. The second-order valence-corrected chi connectivity index (χ2v) is 16.1. The van der Waals surface area contributed by atoms with Gasteiger partial charge in [0.1, 0.15) is 5.41 Å². The lowest BCUT2D eigenvalue weighted by molar-refractivity contribution is -0.220. The molecular weight excluding hydrogens is 470 g/mol. The van der Waals surface area contributed by atoms with Gasteiger partial charge >= 0.3 is 0 Å². The Kier molecular flexibility index (Phi) is 6.20. The van der Waals surface area contributed by atoms with Gasteiger partial charge in [0.05, 0.1) is 0 Å². The van der Waals surface area contributed by atoms with E-state index in [2.05, 4.69) is 96.3 Å². The third-order valence-corrected chi connectivity index (χ3v) is 14.3. The fourth-order valence-corrected chi connectivity index (χ4v) is 12.4. The molecule has 0 aliphatic heterocycles. The van der Waals surface area contributed by atoms with Gasteiger partial charge in [0.15, 0.2) is 0 Å². The highest BCUT2D eigenvalue weighted by Crippen LogP contribution is 2.77. The lowest BCUT2D eigenvalue weighted by atomic mass is 9.32. The summed E-state index contributed by atoms with van der Waals surface area (Å²) in [4.78, 5) is 4.58. The van der Waals surface area contributed by atoms with E-state index in [9.17, 15) is 0 Å². The molecule has 4 saturated carbocycles. The number of allylic oxidation sites excluding steroid dienone is 3. The van der Waals surface area contributed by atoms with Crippen LogP contribution in [0.15, 0.2) is 42.5 Å². The number of aryl methyl sites for hydroxylation is 1. The van der Waals surface area contributed by atoms with Crippen molar-refractivity contribution in [2.45, 2.75) is 106 Å². The van der Waals surface area contributed by atoms with Crippen molar-refractivity contribution in [1.82, 2.24) is 0 Å². The molecule has 0 N–H and O–H groups in total. The molecule has 6 rings (SSSR count). The first-order chi connectivity index (χ1) is 18.3. The molecule has 0 aromatic heterocycles. The van der Waals surface area contributed by atoms with Crippen LogP contribution < -0.4 is 0 Å². The third-order valence-electron chi connectivity index (χ3n) is 14.3. The van der Waals surface area contributed by atoms with Gasteiger partial charge in [-0.3, -0.25) is 0 Å². The summed E-state index contributed by atoms with van der Waals surface area (Å²) in [6, 6.07) is 13.1. The van der Waals surface area contributed by atoms with Gasteiger partial charge in [-0.05, 0) is 134 Å². The van der Waals surface area contributed by atoms with E-state index in [0.29, 0.717) is 28.1 Å². The second kappa shape index (κ2) is 8.84. The van der Waals surface area contributed by atoms with Gasteiger partial charge in [0.2, 0.25) is 0 Å². The lowest BCUT2D eigenvalue weighted by Crippen LogP contribution is -2.65. The number of fused-ring (bicyclic) bond motifs is 7. The van der Waals surface area contributed by atoms with Crippen molar-refractivity contribution in [3.63, 3.8) is 0 Å². The van der Waals surface area contributed by atoms with Crippen molar-refractivity contribution >= 4 is 5.57 Å². The standard InChI is InChI=1S/C38H54N/c1-25(2)28-16-21-38(24-39-9)23-22-36(7)30(33(28)38)14-15-32-35(6)19-17-29(27-12-10-26(3)11-13-27)34(4,5)31(35)18-20-37(32,36)8/h10-13,17,28,30-33H,1,14-16,18-23H2,2-9H3/q+1/t28-,30+,31-,32+,33+,35-,36+,37+,38+/m0/s1. The maximum absolute atomic E-state index is 4.58. The summed E-state index contributed by atoms with van der Waals surface area (Å²) < 4.78 is 0. The van der Waals surface area contributed by atoms with Crippen LogP contribution in [0, 0.1) is 69.7 Å². The van der Waals surface area contributed by atoms with Gasteiger partial charge in [-0.1, -0.05) is 87.5 Å². The molecule has 0 bridgehead atoms. The molecule has 4 fully saturated rings. The Morgan fingerprint density at radius 3 is 2.26 bits per heavy atom. The Morgan fingerprint density at radius 1 is 0.872 bits per heavy atom. The van der Waals surface area contributed by atoms with Crippen LogP contribution in [0.3, 0.4) is 0 Å². The van der Waals surface area contributed by atoms with Gasteiger partial charge in [-0.15, -0.1) is 0 Å². The van der Waals surface area contributed by atoms with Crippen LogP contribution in [0.25, 0.3) is 10.4 Å². The average molecular weight is 525 g/mol. The Labute approximate surface area is 239 Å². The third kappa shape index (κ3) is 3.55. The van der Waals surface area contributed by atoms with Crippen molar-refractivity contribution < 1.29 is 0 Å². The highest BCUT2D eigenvalue weighted by Gasteiger charge is 2.71. The van der Waals surface area contributed by atoms with Crippen LogP contribution in [0.5, 0.6) is 0 Å². The van der Waals surface area contributed by atoms with Crippen LogP contribution in [0.4, 0.5) is 0 Å². The van der Waals surface area contributed by atoms with E-state index in [4.69, 9.17) is 0 Å². The number of rotatable bonds is 2. The monoisotopic (exact) mass is 524 g/mol. The average Bonchev–Trinajstić information content (AvgIpc) is 3.25. The van der Waals surface area contributed by atoms with E-state index in [1.54, 1.807) is 5.57 Å². The summed E-state index contributed by atoms with van der Waals surface area (Å²) in [5.41, 5.74) is 7.34. The van der Waals surface area contributed by atoms with Gasteiger partial charge < -0.3 is 0 Å². The molecule has 0 saturated heterocycles. The van der Waals surface area contributed by atoms with Crippen LogP contribution in [-0.4, -0.2) is 7.05 Å². The van der Waals surface area contributed by atoms with E-state index < -0.39 is 0 Å². The number of hydrogen-bond donors (Lipinski definition) is 0. The maximum atomic E-state index is 4.58. The first-order valence-corrected chi connectivity index (χ1v) is 16.1. The minimum atomic E-state index is 0.186. The topological polar surface area (TPSA) is 4.36 Å². The molecule has 1 heteroatoms. The molecule has 5 aliphatic carbocycles. The SMILES string of the molecule is C=C(C)[C@@H]1CC[C@]2(C#[N+]C)CC[C@]3(C)[C@H](CC[C@@H]4[C@@]5(C)CC=C(c6ccc(C)cc6)C(C)(C)[C@@H]5CC[C@]43C)[C@@H]12. The molecule has 0 radical (unpaired) electrons. The second-order valence-electron chi connectivity index (χ2n) is 16.1. The van der Waals surface area contributed by atoms with Gasteiger partial charge in [0, 0.05) is 0 Å². The summed E-state index contributed by atoms with van der Waals surface area (Å²) in [6.07, 6.45) is 14.6. The number of hydrogen-bond acceptors (Lipinski definition) is 0. The van der Waals surface area contributed by atoms with Crippen molar-refractivity contribution in [3.8, 4) is 6.07 Å². The van der Waals surface area contributed by atoms with E-state index >= 15 is 0 Å². The maximum Gasteiger partial charge on any atom is 0.279 e. The quantitative estimate of drug-likeness (QED) is 0.339. The molecule has 1 aromatic carbocycles. The fraction of sp³-hybridized carbons (Fsp3) is 0.711. The predicted molar refractivity (Wildman–Crippen MR) is 167 cm³/mol. The molecule has 1 aromatic rings. The van der Waals surface area contributed by atoms with E-state index in [0.717, 1.165) is 17.8 Å². The summed E-state index contributed by atoms with van der Waals surface area (Å²) in [6.45, 7) is 22.4. The molecule has 5 aliphatic rings. The number of benzene rings is 1. The Hall–Kier alpha value is -1.81. The fourth-order valence-electron chi connectivity index (χ4n) is 12.4. The van der Waals surface area contributed by atoms with E-state index in [1.165, 1.54) is 74.5 Å². The van der Waals surface area contributed by atoms with Gasteiger partial charge in [-0.25, -0.2) is 0 Å². The van der Waals surface area contributed by atoms with Crippen LogP contribution in [0.2, 0.25) is 0 Å².